The van der Waals surface area contributed by atoms with Gasteiger partial charge in [0.1, 0.15) is 5.75 Å². The number of allylic oxidation sites excluding steroid dienone is 4. The highest BCUT2D eigenvalue weighted by molar-refractivity contribution is 5.86. The summed E-state index contributed by atoms with van der Waals surface area (Å²) in [5.74, 6) is 0.640. The van der Waals surface area contributed by atoms with Gasteiger partial charge in [-0.1, -0.05) is 30.7 Å². The van der Waals surface area contributed by atoms with Gasteiger partial charge in [0.15, 0.2) is 0 Å². The summed E-state index contributed by atoms with van der Waals surface area (Å²) >= 11 is 0. The number of nitrogens with two attached hydrogens (primary N) is 1. The summed E-state index contributed by atoms with van der Waals surface area (Å²) in [4.78, 5) is 11.4. The van der Waals surface area contributed by atoms with Gasteiger partial charge in [-0.2, -0.15) is 0 Å². The Morgan fingerprint density at radius 2 is 2.19 bits per heavy atom. The van der Waals surface area contributed by atoms with Gasteiger partial charge in [0.05, 0.1) is 7.11 Å². The van der Waals surface area contributed by atoms with Crippen LogP contribution in [0.2, 0.25) is 0 Å². The molecule has 0 saturated carbocycles. The first kappa shape index (κ1) is 13.9. The number of carbonyl (C=O) groups excluding carboxylic acids is 1. The van der Waals surface area contributed by atoms with Gasteiger partial charge < -0.3 is 10.5 Å². The molecule has 0 fully saturated rings. The maximum Gasteiger partial charge on any atom is 0.220 e. The Morgan fingerprint density at radius 1 is 1.38 bits per heavy atom. The van der Waals surface area contributed by atoms with Crippen LogP contribution in [-0.2, 0) is 17.6 Å². The van der Waals surface area contributed by atoms with E-state index in [0.717, 1.165) is 31.4 Å². The molecule has 0 bridgehead atoms. The highest BCUT2D eigenvalue weighted by atomic mass is 16.5. The largest absolute Gasteiger partial charge is 0.496 e. The summed E-state index contributed by atoms with van der Waals surface area (Å²) < 4.78 is 5.52. The third kappa shape index (κ3) is 2.37. The van der Waals surface area contributed by atoms with E-state index in [1.807, 2.05) is 6.92 Å². The first-order valence-electron chi connectivity index (χ1n) is 7.48. The molecular weight excluding hydrogens is 262 g/mol. The van der Waals surface area contributed by atoms with Crippen molar-refractivity contribution in [2.75, 3.05) is 7.11 Å². The molecule has 1 unspecified atom stereocenters. The average molecular weight is 283 g/mol. The van der Waals surface area contributed by atoms with Crippen LogP contribution in [0.3, 0.4) is 0 Å². The Morgan fingerprint density at radius 3 is 2.90 bits per heavy atom. The minimum Gasteiger partial charge on any atom is -0.496 e. The number of primary amides is 1. The van der Waals surface area contributed by atoms with Gasteiger partial charge in [-0.15, -0.1) is 0 Å². The van der Waals surface area contributed by atoms with Gasteiger partial charge in [-0.3, -0.25) is 4.79 Å². The van der Waals surface area contributed by atoms with Crippen molar-refractivity contribution in [2.45, 2.75) is 32.6 Å². The molecule has 2 N–H and O–H groups in total. The molecule has 3 nitrogen and oxygen atoms in total. The predicted octanol–water partition coefficient (Wildman–Crippen LogP) is 3.02. The number of amides is 1. The third-order valence-electron chi connectivity index (χ3n) is 4.56. The van der Waals surface area contributed by atoms with Crippen LogP contribution in [0.1, 0.15) is 36.5 Å². The Balaban J connectivity index is 2.09. The summed E-state index contributed by atoms with van der Waals surface area (Å²) in [5, 5.41) is 0. The van der Waals surface area contributed by atoms with Crippen LogP contribution in [0, 0.1) is 5.92 Å². The molecular formula is C18H21NO2. The maximum absolute atomic E-state index is 11.4. The molecule has 1 aromatic rings. The van der Waals surface area contributed by atoms with Gasteiger partial charge in [0.25, 0.3) is 0 Å². The van der Waals surface area contributed by atoms with Crippen LogP contribution in [0.15, 0.2) is 29.9 Å². The number of methoxy groups -OCH3 is 1. The number of hydrogen-bond acceptors (Lipinski definition) is 2. The fourth-order valence-corrected chi connectivity index (χ4v) is 3.40. The lowest BCUT2D eigenvalue weighted by Crippen LogP contribution is -2.22. The lowest BCUT2D eigenvalue weighted by atomic mass is 9.77. The number of carbonyl (C=O) groups is 1. The number of hydrogen-bond donors (Lipinski definition) is 1. The maximum atomic E-state index is 11.4. The van der Waals surface area contributed by atoms with Crippen LogP contribution in [0.4, 0.5) is 0 Å². The van der Waals surface area contributed by atoms with Gasteiger partial charge in [-0.25, -0.2) is 0 Å². The first-order valence-corrected chi connectivity index (χ1v) is 7.48. The van der Waals surface area contributed by atoms with E-state index in [1.54, 1.807) is 7.11 Å². The molecule has 1 aromatic carbocycles. The third-order valence-corrected chi connectivity index (χ3v) is 4.56. The van der Waals surface area contributed by atoms with Crippen molar-refractivity contribution in [1.29, 1.82) is 0 Å². The molecule has 3 rings (SSSR count). The van der Waals surface area contributed by atoms with Crippen molar-refractivity contribution in [1.82, 2.24) is 0 Å². The standard InChI is InChI=1S/C18H21NO2/c1-11(18(19)20)10-13-6-8-15-16(21-2)9-7-12-4-3-5-14(13)17(12)15/h3,5,7,9,11H,4,6,8,10H2,1-2H3,(H2,19,20). The lowest BCUT2D eigenvalue weighted by Gasteiger charge is -2.28. The highest BCUT2D eigenvalue weighted by Crippen LogP contribution is 2.42. The molecule has 3 heteroatoms. The summed E-state index contributed by atoms with van der Waals surface area (Å²) in [7, 11) is 1.73. The van der Waals surface area contributed by atoms with E-state index in [2.05, 4.69) is 24.3 Å². The molecule has 21 heavy (non-hydrogen) atoms. The van der Waals surface area contributed by atoms with Crippen molar-refractivity contribution in [3.05, 3.63) is 46.5 Å². The fourth-order valence-electron chi connectivity index (χ4n) is 3.40. The molecule has 0 heterocycles. The van der Waals surface area contributed by atoms with E-state index in [0.29, 0.717) is 0 Å². The first-order chi connectivity index (χ1) is 10.1. The normalized spacial score (nSPS) is 17.4. The Hall–Kier alpha value is -2.03. The van der Waals surface area contributed by atoms with Crippen LogP contribution in [0.25, 0.3) is 5.57 Å². The van der Waals surface area contributed by atoms with Gasteiger partial charge in [-0.05, 0) is 48.4 Å². The topological polar surface area (TPSA) is 52.3 Å². The summed E-state index contributed by atoms with van der Waals surface area (Å²) in [6, 6.07) is 4.23. The monoisotopic (exact) mass is 283 g/mol. The Bertz CT molecular complexity index is 655. The van der Waals surface area contributed by atoms with E-state index in [1.165, 1.54) is 27.8 Å². The minimum absolute atomic E-state index is 0.113. The molecule has 1 amide bonds. The van der Waals surface area contributed by atoms with E-state index in [4.69, 9.17) is 10.5 Å². The molecule has 2 aliphatic carbocycles. The smallest absolute Gasteiger partial charge is 0.220 e. The van der Waals surface area contributed by atoms with E-state index >= 15 is 0 Å². The second-order valence-corrected chi connectivity index (χ2v) is 5.91. The van der Waals surface area contributed by atoms with Crippen LogP contribution in [-0.4, -0.2) is 13.0 Å². The number of ether oxygens (including phenoxy) is 1. The van der Waals surface area contributed by atoms with E-state index < -0.39 is 0 Å². The zero-order valence-electron chi connectivity index (χ0n) is 12.6. The minimum atomic E-state index is -0.223. The average Bonchev–Trinajstić information content (AvgIpc) is 2.50. The second-order valence-electron chi connectivity index (χ2n) is 5.91. The van der Waals surface area contributed by atoms with Crippen molar-refractivity contribution in [2.24, 2.45) is 11.7 Å². The molecule has 0 aromatic heterocycles. The van der Waals surface area contributed by atoms with Crippen molar-refractivity contribution in [3.63, 3.8) is 0 Å². The molecule has 2 aliphatic rings. The summed E-state index contributed by atoms with van der Waals surface area (Å²) in [6.45, 7) is 1.91. The molecule has 0 saturated heterocycles. The SMILES string of the molecule is COc1ccc2c3c1CCC(CC(C)C(N)=O)=C3C=CC2. The quantitative estimate of drug-likeness (QED) is 0.923. The zero-order valence-corrected chi connectivity index (χ0v) is 12.6. The van der Waals surface area contributed by atoms with Crippen LogP contribution in [0.5, 0.6) is 5.75 Å². The van der Waals surface area contributed by atoms with Crippen molar-refractivity contribution < 1.29 is 9.53 Å². The van der Waals surface area contributed by atoms with Crippen LogP contribution >= 0.6 is 0 Å². The fraction of sp³-hybridized carbons (Fsp3) is 0.389. The Labute approximate surface area is 125 Å². The molecule has 0 aliphatic heterocycles. The van der Waals surface area contributed by atoms with Crippen molar-refractivity contribution in [3.8, 4) is 5.75 Å². The van der Waals surface area contributed by atoms with E-state index in [-0.39, 0.29) is 11.8 Å². The number of rotatable bonds is 4. The van der Waals surface area contributed by atoms with Gasteiger partial charge in [0.2, 0.25) is 5.91 Å². The molecule has 110 valence electrons. The lowest BCUT2D eigenvalue weighted by molar-refractivity contribution is -0.121. The highest BCUT2D eigenvalue weighted by Gasteiger charge is 2.26. The molecule has 0 radical (unpaired) electrons. The van der Waals surface area contributed by atoms with Crippen molar-refractivity contribution >= 4 is 11.5 Å². The zero-order chi connectivity index (χ0) is 15.0. The van der Waals surface area contributed by atoms with Gasteiger partial charge >= 0.3 is 0 Å². The summed E-state index contributed by atoms with van der Waals surface area (Å²) in [5.41, 5.74) is 12.0. The number of benzene rings is 1. The molecule has 1 atom stereocenters. The molecule has 0 spiro atoms. The summed E-state index contributed by atoms with van der Waals surface area (Å²) in [6.07, 6.45) is 8.08. The van der Waals surface area contributed by atoms with Gasteiger partial charge in [0, 0.05) is 11.5 Å². The van der Waals surface area contributed by atoms with Crippen LogP contribution < -0.4 is 10.5 Å². The van der Waals surface area contributed by atoms with E-state index in [9.17, 15) is 4.79 Å². The second kappa shape index (κ2) is 5.40. The Kier molecular flexibility index (Phi) is 3.58. The predicted molar refractivity (Wildman–Crippen MR) is 84.1 cm³/mol.